The number of nitrogens with zero attached hydrogens (tertiary/aromatic N) is 1. The summed E-state index contributed by atoms with van der Waals surface area (Å²) >= 11 is 3.02. The fourth-order valence-corrected chi connectivity index (χ4v) is 2.23. The van der Waals surface area contributed by atoms with E-state index in [4.69, 9.17) is 15.2 Å². The molecule has 0 spiro atoms. The molecular formula is C15H16BrFN4O4S. The van der Waals surface area contributed by atoms with Crippen LogP contribution in [-0.4, -0.2) is 30.4 Å². The molecule has 0 unspecified atom stereocenters. The molecule has 0 radical (unpaired) electrons. The minimum absolute atomic E-state index is 0.0666. The van der Waals surface area contributed by atoms with Crippen LogP contribution < -0.4 is 10.9 Å². The zero-order chi connectivity index (χ0) is 19.7. The fraction of sp³-hybridized carbons (Fsp3) is 0.0667. The van der Waals surface area contributed by atoms with Gasteiger partial charge in [0.05, 0.1) is 15.6 Å². The number of nitrogens with one attached hydrogen (secondary N) is 3. The first-order chi connectivity index (χ1) is 12.1. The molecule has 0 aliphatic rings. The van der Waals surface area contributed by atoms with Gasteiger partial charge in [0.2, 0.25) is 5.96 Å². The highest BCUT2D eigenvalue weighted by Crippen LogP contribution is 2.15. The number of guanidine groups is 1. The number of rotatable bonds is 3. The average molecular weight is 447 g/mol. The lowest BCUT2D eigenvalue weighted by Crippen LogP contribution is -2.30. The van der Waals surface area contributed by atoms with E-state index in [1.54, 1.807) is 29.7 Å². The van der Waals surface area contributed by atoms with E-state index in [1.807, 2.05) is 6.92 Å². The Bertz CT molecular complexity index is 889. The summed E-state index contributed by atoms with van der Waals surface area (Å²) in [6, 6.07) is 10.5. The van der Waals surface area contributed by atoms with E-state index < -0.39 is 15.9 Å². The maximum atomic E-state index is 13.0. The SMILES string of the molecule is Cc1ccc(S(=O)(=O)O)cc1.N=C(NO)NN=Cc1ccc(Br)c(F)c1. The van der Waals surface area contributed by atoms with Crippen molar-refractivity contribution in [2.75, 3.05) is 0 Å². The Balaban J connectivity index is 0.000000273. The monoisotopic (exact) mass is 446 g/mol. The molecule has 140 valence electrons. The Morgan fingerprint density at radius 1 is 1.27 bits per heavy atom. The highest BCUT2D eigenvalue weighted by molar-refractivity contribution is 9.10. The number of aryl methyl sites for hydroxylation is 1. The minimum Gasteiger partial charge on any atom is -0.288 e. The third-order valence-electron chi connectivity index (χ3n) is 2.76. The first-order valence-electron chi connectivity index (χ1n) is 6.90. The van der Waals surface area contributed by atoms with E-state index >= 15 is 0 Å². The third kappa shape index (κ3) is 7.70. The van der Waals surface area contributed by atoms with E-state index in [0.717, 1.165) is 5.56 Å². The van der Waals surface area contributed by atoms with Crippen LogP contribution in [-0.2, 0) is 10.1 Å². The van der Waals surface area contributed by atoms with Crippen LogP contribution >= 0.6 is 15.9 Å². The second kappa shape index (κ2) is 9.97. The molecule has 5 N–H and O–H groups in total. The third-order valence-corrected chi connectivity index (χ3v) is 4.28. The number of hydrazone groups is 1. The molecule has 11 heteroatoms. The minimum atomic E-state index is -4.02. The second-order valence-electron chi connectivity index (χ2n) is 4.82. The summed E-state index contributed by atoms with van der Waals surface area (Å²) in [5.74, 6) is -0.766. The Hall–Kier alpha value is -2.34. The number of hydroxylamine groups is 1. The van der Waals surface area contributed by atoms with Crippen LogP contribution in [0.15, 0.2) is 56.9 Å². The topological polar surface area (TPSA) is 135 Å². The van der Waals surface area contributed by atoms with Gasteiger partial charge in [-0.3, -0.25) is 15.2 Å². The molecule has 0 saturated heterocycles. The smallest absolute Gasteiger partial charge is 0.288 e. The Kier molecular flexibility index (Phi) is 8.32. The zero-order valence-electron chi connectivity index (χ0n) is 13.4. The molecule has 2 aromatic rings. The van der Waals surface area contributed by atoms with Gasteiger partial charge in [-0.1, -0.05) is 23.8 Å². The van der Waals surface area contributed by atoms with Crippen molar-refractivity contribution in [3.63, 3.8) is 0 Å². The second-order valence-corrected chi connectivity index (χ2v) is 7.09. The van der Waals surface area contributed by atoms with Crippen molar-refractivity contribution in [1.82, 2.24) is 10.9 Å². The van der Waals surface area contributed by atoms with Crippen molar-refractivity contribution >= 4 is 38.2 Å². The zero-order valence-corrected chi connectivity index (χ0v) is 15.8. The maximum Gasteiger partial charge on any atom is 0.294 e. The average Bonchev–Trinajstić information content (AvgIpc) is 2.58. The van der Waals surface area contributed by atoms with Crippen LogP contribution in [0.5, 0.6) is 0 Å². The largest absolute Gasteiger partial charge is 0.294 e. The van der Waals surface area contributed by atoms with Gasteiger partial charge in [-0.2, -0.15) is 13.5 Å². The highest BCUT2D eigenvalue weighted by Gasteiger charge is 2.06. The molecule has 0 aliphatic carbocycles. The molecule has 0 fully saturated rings. The van der Waals surface area contributed by atoms with E-state index in [-0.39, 0.29) is 10.9 Å². The molecule has 8 nitrogen and oxygen atoms in total. The van der Waals surface area contributed by atoms with Crippen LogP contribution in [0.2, 0.25) is 0 Å². The molecular weight excluding hydrogens is 431 g/mol. The summed E-state index contributed by atoms with van der Waals surface area (Å²) in [6.07, 6.45) is 1.32. The summed E-state index contributed by atoms with van der Waals surface area (Å²) in [5.41, 5.74) is 5.21. The quantitative estimate of drug-likeness (QED) is 0.213. The standard InChI is InChI=1S/C8H8BrFN4O.C7H8O3S/c9-6-2-1-5(3-7(6)10)4-12-13-8(11)14-15;1-6-2-4-7(5-3-6)11(8,9)10/h1-4,15H,(H3,11,13,14);2-5H,1H3,(H,8,9,10). The lowest BCUT2D eigenvalue weighted by atomic mass is 10.2. The van der Waals surface area contributed by atoms with Crippen LogP contribution in [0.4, 0.5) is 4.39 Å². The molecule has 2 rings (SSSR count). The van der Waals surface area contributed by atoms with Gasteiger partial charge in [0.15, 0.2) is 0 Å². The Morgan fingerprint density at radius 3 is 2.38 bits per heavy atom. The predicted molar refractivity (Wildman–Crippen MR) is 98.5 cm³/mol. The van der Waals surface area contributed by atoms with Gasteiger partial charge >= 0.3 is 0 Å². The van der Waals surface area contributed by atoms with Crippen LogP contribution in [0.25, 0.3) is 0 Å². The van der Waals surface area contributed by atoms with Crippen molar-refractivity contribution in [3.8, 4) is 0 Å². The molecule has 0 aromatic heterocycles. The first-order valence-corrected chi connectivity index (χ1v) is 9.13. The van der Waals surface area contributed by atoms with E-state index in [1.165, 1.54) is 24.4 Å². The maximum absolute atomic E-state index is 13.0. The van der Waals surface area contributed by atoms with E-state index in [2.05, 4.69) is 26.5 Å². The van der Waals surface area contributed by atoms with Gasteiger partial charge in [0, 0.05) is 0 Å². The van der Waals surface area contributed by atoms with Gasteiger partial charge in [0.25, 0.3) is 10.1 Å². The summed E-state index contributed by atoms with van der Waals surface area (Å²) in [4.78, 5) is -0.0666. The van der Waals surface area contributed by atoms with E-state index in [0.29, 0.717) is 10.0 Å². The normalized spacial score (nSPS) is 10.8. The molecule has 2 aromatic carbocycles. The first kappa shape index (κ1) is 21.7. The molecule has 0 amide bonds. The van der Waals surface area contributed by atoms with Crippen molar-refractivity contribution < 1.29 is 22.6 Å². The van der Waals surface area contributed by atoms with Crippen molar-refractivity contribution in [3.05, 3.63) is 63.9 Å². The fourth-order valence-electron chi connectivity index (χ4n) is 1.50. The van der Waals surface area contributed by atoms with Gasteiger partial charge in [0.1, 0.15) is 5.82 Å². The molecule has 0 atom stereocenters. The Labute approximate surface area is 158 Å². The molecule has 0 bridgehead atoms. The highest BCUT2D eigenvalue weighted by atomic mass is 79.9. The van der Waals surface area contributed by atoms with Gasteiger partial charge in [-0.25, -0.2) is 15.3 Å². The van der Waals surface area contributed by atoms with E-state index in [9.17, 15) is 12.8 Å². The number of benzene rings is 2. The number of halogens is 2. The Morgan fingerprint density at radius 2 is 1.88 bits per heavy atom. The van der Waals surface area contributed by atoms with Crippen molar-refractivity contribution in [2.45, 2.75) is 11.8 Å². The molecule has 0 aliphatic heterocycles. The lowest BCUT2D eigenvalue weighted by molar-refractivity contribution is 0.228. The summed E-state index contributed by atoms with van der Waals surface area (Å²) in [5, 5.41) is 18.7. The lowest BCUT2D eigenvalue weighted by Gasteiger charge is -1.99. The van der Waals surface area contributed by atoms with Gasteiger partial charge in [-0.05, 0) is 52.7 Å². The van der Waals surface area contributed by atoms with Crippen LogP contribution in [0.3, 0.4) is 0 Å². The summed E-state index contributed by atoms with van der Waals surface area (Å²) in [6.45, 7) is 1.84. The van der Waals surface area contributed by atoms with Crippen molar-refractivity contribution in [1.29, 1.82) is 5.41 Å². The molecule has 26 heavy (non-hydrogen) atoms. The van der Waals surface area contributed by atoms with Crippen molar-refractivity contribution in [2.24, 2.45) is 5.10 Å². The van der Waals surface area contributed by atoms with Gasteiger partial charge in [-0.15, -0.1) is 0 Å². The van der Waals surface area contributed by atoms with Crippen LogP contribution in [0, 0.1) is 18.2 Å². The van der Waals surface area contributed by atoms with Gasteiger partial charge < -0.3 is 0 Å². The molecule has 0 saturated carbocycles. The van der Waals surface area contributed by atoms with Crippen LogP contribution in [0.1, 0.15) is 11.1 Å². The number of hydrogen-bond donors (Lipinski definition) is 5. The molecule has 0 heterocycles. The summed E-state index contributed by atoms with van der Waals surface area (Å²) in [7, 11) is -4.02. The number of hydrogen-bond acceptors (Lipinski definition) is 5. The summed E-state index contributed by atoms with van der Waals surface area (Å²) < 4.78 is 42.9. The predicted octanol–water partition coefficient (Wildman–Crippen LogP) is 2.67.